The Morgan fingerprint density at radius 1 is 0.829 bits per heavy atom. The van der Waals surface area contributed by atoms with Gasteiger partial charge in [-0.05, 0) is 32.6 Å². The Morgan fingerprint density at radius 3 is 1.49 bits per heavy atom. The summed E-state index contributed by atoms with van der Waals surface area (Å²) in [6.45, 7) is 2.29. The molecule has 7 nitrogen and oxygen atoms in total. The van der Waals surface area contributed by atoms with Crippen LogP contribution in [0.5, 0.6) is 0 Å². The van der Waals surface area contributed by atoms with Gasteiger partial charge in [0, 0.05) is 6.42 Å². The number of rotatable bonds is 17. The van der Waals surface area contributed by atoms with Gasteiger partial charge in [0.2, 0.25) is 10.4 Å². The summed E-state index contributed by atoms with van der Waals surface area (Å²) in [5.74, 6) is 0. The molecule has 1 aromatic carbocycles. The Labute approximate surface area is 217 Å². The first kappa shape index (κ1) is 36.1. The van der Waals surface area contributed by atoms with Gasteiger partial charge >= 0.3 is 0 Å². The zero-order valence-corrected chi connectivity index (χ0v) is 24.0. The summed E-state index contributed by atoms with van der Waals surface area (Å²) >= 11 is 0. The second kappa shape index (κ2) is 23.4. The fraction of sp³-hybridized carbons (Fsp3) is 0.778. The highest BCUT2D eigenvalue weighted by molar-refractivity contribution is 7.79. The van der Waals surface area contributed by atoms with Crippen LogP contribution in [0.2, 0.25) is 0 Å². The van der Waals surface area contributed by atoms with Crippen LogP contribution in [0.15, 0.2) is 30.3 Å². The lowest BCUT2D eigenvalue weighted by Gasteiger charge is -2.35. The number of nitrogens with zero attached hydrogens (tertiary/aromatic N) is 1. The van der Waals surface area contributed by atoms with Crippen molar-refractivity contribution in [2.24, 2.45) is 5.73 Å². The van der Waals surface area contributed by atoms with Crippen molar-refractivity contribution in [1.82, 2.24) is 9.80 Å². The Morgan fingerprint density at radius 2 is 1.14 bits per heavy atom. The normalized spacial score (nSPS) is 12.2. The quantitative estimate of drug-likeness (QED) is 0.0739. The summed E-state index contributed by atoms with van der Waals surface area (Å²) in [6.07, 6.45) is 21.0. The molecule has 0 radical (unpaired) electrons. The minimum Gasteiger partial charge on any atom is -0.726 e. The van der Waals surface area contributed by atoms with Crippen LogP contribution in [0.4, 0.5) is 5.69 Å². The molecule has 0 amide bonds. The molecular weight excluding hydrogens is 462 g/mol. The maximum atomic E-state index is 8.63. The summed E-state index contributed by atoms with van der Waals surface area (Å²) in [7, 11) is 3.29. The standard InChI is InChI=1S/C25H47N2.C2H7N.H2O4S/c1-4-5-6-7-8-9-10-11-12-13-14-15-16-20-23-25(26)27(2,3)24-21-18-17-19-22-24;1-3-2;1-5(2,3)4/h17-19,21-22,25H,4-16,20,23,26H2,1-3H3;3H,1-2H3;(H2,1,2,3,4)/q+1;;/p-1. The highest BCUT2D eigenvalue weighted by atomic mass is 32.3. The number of unbranched alkanes of at least 4 members (excludes halogenated alkanes) is 13. The van der Waals surface area contributed by atoms with Gasteiger partial charge in [-0.1, -0.05) is 109 Å². The predicted octanol–water partition coefficient (Wildman–Crippen LogP) is 6.25. The summed E-state index contributed by atoms with van der Waals surface area (Å²) in [5.41, 5.74) is 7.80. The largest absolute Gasteiger partial charge is 0.726 e. The fourth-order valence-electron chi connectivity index (χ4n) is 3.87. The average Bonchev–Trinajstić information content (AvgIpc) is 2.79. The molecule has 0 heterocycles. The van der Waals surface area contributed by atoms with Crippen LogP contribution >= 0.6 is 0 Å². The molecule has 0 saturated heterocycles. The maximum absolute atomic E-state index is 8.63. The minimum absolute atomic E-state index is 0.185. The lowest BCUT2D eigenvalue weighted by molar-refractivity contribution is 0.276. The molecule has 0 spiro atoms. The number of nitrogens with two attached hydrogens (primary N) is 1. The van der Waals surface area contributed by atoms with Gasteiger partial charge in [-0.2, -0.15) is 0 Å². The summed E-state index contributed by atoms with van der Waals surface area (Å²) in [5, 5.41) is 2.75. The third-order valence-electron chi connectivity index (χ3n) is 6.10. The van der Waals surface area contributed by atoms with E-state index in [-0.39, 0.29) is 6.17 Å². The van der Waals surface area contributed by atoms with E-state index >= 15 is 0 Å². The number of benzene rings is 1. The third kappa shape index (κ3) is 25.9. The molecule has 208 valence electrons. The molecule has 1 rings (SSSR count). The molecular formula is C27H55N3O4S. The molecule has 35 heavy (non-hydrogen) atoms. The lowest BCUT2D eigenvalue weighted by atomic mass is 10.0. The van der Waals surface area contributed by atoms with E-state index in [9.17, 15) is 0 Å². The van der Waals surface area contributed by atoms with Crippen LogP contribution in [0.3, 0.4) is 0 Å². The molecule has 0 aliphatic rings. The van der Waals surface area contributed by atoms with Gasteiger partial charge in [0.15, 0.2) is 0 Å². The van der Waals surface area contributed by atoms with Gasteiger partial charge in [0.05, 0.1) is 14.1 Å². The van der Waals surface area contributed by atoms with Crippen molar-refractivity contribution in [3.63, 3.8) is 0 Å². The number of hydrogen-bond donors (Lipinski definition) is 3. The Balaban J connectivity index is 0. The fourth-order valence-corrected chi connectivity index (χ4v) is 3.87. The van der Waals surface area contributed by atoms with E-state index in [4.69, 9.17) is 23.3 Å². The number of hydrogen-bond acceptors (Lipinski definition) is 5. The molecule has 4 N–H and O–H groups in total. The van der Waals surface area contributed by atoms with Gasteiger partial charge in [0.1, 0.15) is 11.9 Å². The third-order valence-corrected chi connectivity index (χ3v) is 6.10. The monoisotopic (exact) mass is 517 g/mol. The van der Waals surface area contributed by atoms with Crippen LogP contribution in [0, 0.1) is 0 Å². The zero-order valence-electron chi connectivity index (χ0n) is 23.2. The van der Waals surface area contributed by atoms with Crippen LogP contribution < -0.4 is 15.5 Å². The van der Waals surface area contributed by atoms with E-state index in [2.05, 4.69) is 56.7 Å². The molecule has 0 bridgehead atoms. The van der Waals surface area contributed by atoms with Crippen LogP contribution in [0.1, 0.15) is 103 Å². The van der Waals surface area contributed by atoms with Gasteiger partial charge in [0.25, 0.3) is 0 Å². The van der Waals surface area contributed by atoms with Gasteiger partial charge in [-0.3, -0.25) is 14.8 Å². The number of quaternary nitrogens is 1. The average molecular weight is 518 g/mol. The molecule has 1 atom stereocenters. The highest BCUT2D eigenvalue weighted by Gasteiger charge is 2.26. The predicted molar refractivity (Wildman–Crippen MR) is 150 cm³/mol. The second-order valence-electron chi connectivity index (χ2n) is 9.76. The lowest BCUT2D eigenvalue weighted by Crippen LogP contribution is -2.55. The van der Waals surface area contributed by atoms with Crippen molar-refractivity contribution < 1.29 is 17.5 Å². The molecule has 8 heteroatoms. The summed E-state index contributed by atoms with van der Waals surface area (Å²) in [6, 6.07) is 10.7. The first-order valence-corrected chi connectivity index (χ1v) is 14.8. The van der Waals surface area contributed by atoms with Crippen molar-refractivity contribution in [2.75, 3.05) is 28.2 Å². The van der Waals surface area contributed by atoms with Crippen LogP contribution in [-0.2, 0) is 10.4 Å². The van der Waals surface area contributed by atoms with Crippen molar-refractivity contribution >= 4 is 16.1 Å². The SMILES string of the molecule is CCCCCCCCCCCCCCCCC(N)[N+](C)(C)c1ccccc1.CNC.O=S(=O)([O-])O. The van der Waals surface area contributed by atoms with E-state index in [1.807, 2.05) is 14.1 Å². The van der Waals surface area contributed by atoms with Crippen LogP contribution in [-0.4, -0.2) is 51.9 Å². The van der Waals surface area contributed by atoms with Crippen LogP contribution in [0.25, 0.3) is 0 Å². The van der Waals surface area contributed by atoms with Gasteiger partial charge in [-0.15, -0.1) is 0 Å². The molecule has 0 aromatic heterocycles. The molecule has 0 aliphatic carbocycles. The zero-order chi connectivity index (χ0) is 27.0. The van der Waals surface area contributed by atoms with E-state index < -0.39 is 10.4 Å². The minimum atomic E-state index is -4.92. The molecule has 0 aliphatic heterocycles. The Bertz CT molecular complexity index is 662. The van der Waals surface area contributed by atoms with E-state index in [0.29, 0.717) is 0 Å². The topological polar surface area (TPSA) is 115 Å². The molecule has 0 saturated carbocycles. The molecule has 1 unspecified atom stereocenters. The first-order chi connectivity index (χ1) is 16.5. The van der Waals surface area contributed by atoms with Gasteiger partial charge < -0.3 is 9.87 Å². The van der Waals surface area contributed by atoms with E-state index in [1.165, 1.54) is 95.6 Å². The summed E-state index contributed by atoms with van der Waals surface area (Å²) < 4.78 is 33.6. The van der Waals surface area contributed by atoms with Crippen molar-refractivity contribution in [3.8, 4) is 0 Å². The van der Waals surface area contributed by atoms with Crippen molar-refractivity contribution in [2.45, 2.75) is 109 Å². The maximum Gasteiger partial charge on any atom is 0.215 e. The van der Waals surface area contributed by atoms with E-state index in [0.717, 1.165) is 10.9 Å². The van der Waals surface area contributed by atoms with Gasteiger partial charge in [-0.25, -0.2) is 8.42 Å². The smallest absolute Gasteiger partial charge is 0.215 e. The molecule has 0 fully saturated rings. The van der Waals surface area contributed by atoms with Crippen molar-refractivity contribution in [1.29, 1.82) is 0 Å². The first-order valence-electron chi connectivity index (χ1n) is 13.4. The molecule has 1 aromatic rings. The van der Waals surface area contributed by atoms with Crippen molar-refractivity contribution in [3.05, 3.63) is 30.3 Å². The number of nitrogens with one attached hydrogen (secondary N) is 1. The Hall–Kier alpha value is -1.03. The van der Waals surface area contributed by atoms with E-state index in [1.54, 1.807) is 0 Å². The second-order valence-corrected chi connectivity index (χ2v) is 10.6. The number of para-hydroxylation sites is 1. The summed E-state index contributed by atoms with van der Waals surface area (Å²) in [4.78, 5) is 0. The Kier molecular flexibility index (Phi) is 24.1. The highest BCUT2D eigenvalue weighted by Crippen LogP contribution is 2.22.